The second-order valence-corrected chi connectivity index (χ2v) is 2.11. The van der Waals surface area contributed by atoms with Gasteiger partial charge in [-0.25, -0.2) is 0 Å². The average Bonchev–Trinajstić information content (AvgIpc) is 2.04. The summed E-state index contributed by atoms with van der Waals surface area (Å²) in [6.45, 7) is 0. The molecular formula is C7H8NNaO4. The summed E-state index contributed by atoms with van der Waals surface area (Å²) in [6.07, 6.45) is 0. The average molecular weight is 193 g/mol. The van der Waals surface area contributed by atoms with Crippen molar-refractivity contribution >= 4 is 35.2 Å². The van der Waals surface area contributed by atoms with Crippen molar-refractivity contribution in [3.8, 4) is 11.5 Å². The number of ether oxygens (including phenoxy) is 1. The molecule has 0 aliphatic rings. The number of methoxy groups -OCH3 is 1. The SMILES string of the molecule is COc1ccc([N+](=O)[O-])cc1O.[NaH]. The van der Waals surface area contributed by atoms with Crippen LogP contribution in [0.3, 0.4) is 0 Å². The van der Waals surface area contributed by atoms with Crippen LogP contribution in [0.15, 0.2) is 18.2 Å². The first-order chi connectivity index (χ1) is 5.65. The second kappa shape index (κ2) is 5.06. The fourth-order valence-corrected chi connectivity index (χ4v) is 0.792. The molecular weight excluding hydrogens is 185 g/mol. The Morgan fingerprint density at radius 3 is 2.54 bits per heavy atom. The molecule has 0 heterocycles. The number of nitro benzene ring substituents is 1. The summed E-state index contributed by atoms with van der Waals surface area (Å²) in [6, 6.07) is 3.64. The zero-order valence-electron chi connectivity index (χ0n) is 6.35. The van der Waals surface area contributed by atoms with Crippen LogP contribution in [0.1, 0.15) is 0 Å². The number of rotatable bonds is 2. The first kappa shape index (κ1) is 12.2. The van der Waals surface area contributed by atoms with Crippen molar-refractivity contribution in [1.29, 1.82) is 0 Å². The van der Waals surface area contributed by atoms with Crippen LogP contribution in [0, 0.1) is 10.1 Å². The van der Waals surface area contributed by atoms with Crippen LogP contribution in [-0.2, 0) is 0 Å². The Morgan fingerprint density at radius 1 is 1.54 bits per heavy atom. The predicted octanol–water partition coefficient (Wildman–Crippen LogP) is 0.660. The second-order valence-electron chi connectivity index (χ2n) is 2.11. The Kier molecular flexibility index (Phi) is 4.76. The first-order valence-corrected chi connectivity index (χ1v) is 3.16. The Bertz CT molecular complexity index is 315. The summed E-state index contributed by atoms with van der Waals surface area (Å²) >= 11 is 0. The van der Waals surface area contributed by atoms with Gasteiger partial charge in [0.1, 0.15) is 0 Å². The van der Waals surface area contributed by atoms with E-state index in [1.54, 1.807) is 0 Å². The molecule has 0 atom stereocenters. The van der Waals surface area contributed by atoms with Crippen molar-refractivity contribution in [2.24, 2.45) is 0 Å². The molecule has 0 amide bonds. The number of phenols is 1. The molecule has 1 rings (SSSR count). The molecule has 13 heavy (non-hydrogen) atoms. The number of benzene rings is 1. The van der Waals surface area contributed by atoms with Crippen LogP contribution >= 0.6 is 0 Å². The van der Waals surface area contributed by atoms with Gasteiger partial charge in [-0.15, -0.1) is 0 Å². The summed E-state index contributed by atoms with van der Waals surface area (Å²) in [5.74, 6) is -0.00713. The minimum atomic E-state index is -0.584. The van der Waals surface area contributed by atoms with Crippen molar-refractivity contribution in [3.05, 3.63) is 28.3 Å². The molecule has 1 aromatic carbocycles. The molecule has 0 aliphatic carbocycles. The number of phenolic OH excluding ortho intramolecular Hbond substituents is 1. The third-order valence-electron chi connectivity index (χ3n) is 1.37. The quantitative estimate of drug-likeness (QED) is 0.425. The summed E-state index contributed by atoms with van der Waals surface area (Å²) in [7, 11) is 1.38. The molecule has 0 saturated carbocycles. The molecule has 1 aromatic rings. The van der Waals surface area contributed by atoms with Gasteiger partial charge in [-0.1, -0.05) is 0 Å². The molecule has 66 valence electrons. The van der Waals surface area contributed by atoms with Gasteiger partial charge in [0.2, 0.25) is 0 Å². The summed E-state index contributed by atoms with van der Waals surface area (Å²) < 4.78 is 4.71. The van der Waals surface area contributed by atoms with Crippen LogP contribution in [0.2, 0.25) is 0 Å². The Morgan fingerprint density at radius 2 is 2.15 bits per heavy atom. The van der Waals surface area contributed by atoms with Gasteiger partial charge < -0.3 is 9.84 Å². The van der Waals surface area contributed by atoms with E-state index >= 15 is 0 Å². The predicted molar refractivity (Wildman–Crippen MR) is 48.5 cm³/mol. The van der Waals surface area contributed by atoms with Crippen molar-refractivity contribution in [2.75, 3.05) is 7.11 Å². The fourth-order valence-electron chi connectivity index (χ4n) is 0.792. The van der Waals surface area contributed by atoms with E-state index in [1.807, 2.05) is 0 Å². The third kappa shape index (κ3) is 2.87. The van der Waals surface area contributed by atoms with Crippen LogP contribution < -0.4 is 4.74 Å². The Balaban J connectivity index is 0.00000144. The molecule has 0 aliphatic heterocycles. The molecule has 0 spiro atoms. The number of hydrogen-bond donors (Lipinski definition) is 1. The molecule has 0 aromatic heterocycles. The van der Waals surface area contributed by atoms with Gasteiger partial charge in [0, 0.05) is 6.07 Å². The Labute approximate surface area is 96.8 Å². The molecule has 0 fully saturated rings. The van der Waals surface area contributed by atoms with E-state index in [-0.39, 0.29) is 46.7 Å². The van der Waals surface area contributed by atoms with E-state index in [1.165, 1.54) is 19.2 Å². The van der Waals surface area contributed by atoms with E-state index in [0.717, 1.165) is 6.07 Å². The molecule has 5 nitrogen and oxygen atoms in total. The van der Waals surface area contributed by atoms with Gasteiger partial charge in [0.15, 0.2) is 11.5 Å². The van der Waals surface area contributed by atoms with Gasteiger partial charge in [-0.05, 0) is 6.07 Å². The van der Waals surface area contributed by atoms with Crippen molar-refractivity contribution < 1.29 is 14.8 Å². The molecule has 6 heteroatoms. The van der Waals surface area contributed by atoms with Crippen LogP contribution in [0.4, 0.5) is 5.69 Å². The molecule has 0 saturated heterocycles. The van der Waals surface area contributed by atoms with Crippen LogP contribution in [0.25, 0.3) is 0 Å². The van der Waals surface area contributed by atoms with E-state index in [9.17, 15) is 10.1 Å². The van der Waals surface area contributed by atoms with E-state index in [4.69, 9.17) is 9.84 Å². The zero-order chi connectivity index (χ0) is 9.14. The third-order valence-corrected chi connectivity index (χ3v) is 1.37. The molecule has 1 N–H and O–H groups in total. The normalized spacial score (nSPS) is 8.69. The molecule has 0 bridgehead atoms. The van der Waals surface area contributed by atoms with Gasteiger partial charge in [-0.2, -0.15) is 0 Å². The number of nitrogens with zero attached hydrogens (tertiary/aromatic N) is 1. The van der Waals surface area contributed by atoms with Crippen LogP contribution in [0.5, 0.6) is 11.5 Å². The number of hydrogen-bond acceptors (Lipinski definition) is 4. The van der Waals surface area contributed by atoms with Gasteiger partial charge in [0.05, 0.1) is 18.1 Å². The van der Waals surface area contributed by atoms with E-state index in [2.05, 4.69) is 0 Å². The number of nitro groups is 1. The Hall–Kier alpha value is -0.780. The van der Waals surface area contributed by atoms with Gasteiger partial charge in [-0.3, -0.25) is 10.1 Å². The summed E-state index contributed by atoms with van der Waals surface area (Å²) in [5, 5.41) is 19.3. The van der Waals surface area contributed by atoms with E-state index in [0.29, 0.717) is 0 Å². The monoisotopic (exact) mass is 193 g/mol. The van der Waals surface area contributed by atoms with Crippen molar-refractivity contribution in [3.63, 3.8) is 0 Å². The minimum absolute atomic E-state index is 0. The van der Waals surface area contributed by atoms with Gasteiger partial charge in [0.25, 0.3) is 5.69 Å². The zero-order valence-corrected chi connectivity index (χ0v) is 6.35. The molecule has 0 unspecified atom stereocenters. The topological polar surface area (TPSA) is 72.6 Å². The summed E-state index contributed by atoms with van der Waals surface area (Å²) in [4.78, 5) is 9.62. The standard InChI is InChI=1S/C7H7NO4.Na.H/c1-12-7-3-2-5(8(10)11)4-6(7)9;;/h2-4,9H,1H3;;. The summed E-state index contributed by atoms with van der Waals surface area (Å²) in [5.41, 5.74) is -0.159. The van der Waals surface area contributed by atoms with Crippen LogP contribution in [-0.4, -0.2) is 46.7 Å². The number of non-ortho nitro benzene ring substituents is 1. The maximum atomic E-state index is 10.2. The first-order valence-electron chi connectivity index (χ1n) is 3.16. The van der Waals surface area contributed by atoms with Crippen molar-refractivity contribution in [1.82, 2.24) is 0 Å². The fraction of sp³-hybridized carbons (Fsp3) is 0.143. The number of aromatic hydroxyl groups is 1. The maximum absolute atomic E-state index is 10.2. The van der Waals surface area contributed by atoms with Gasteiger partial charge >= 0.3 is 29.6 Å². The van der Waals surface area contributed by atoms with Crippen molar-refractivity contribution in [2.45, 2.75) is 0 Å². The van der Waals surface area contributed by atoms with E-state index < -0.39 is 4.92 Å². The molecule has 0 radical (unpaired) electrons.